The number of aromatic nitrogens is 1. The SMILES string of the molecule is CC(C)(C)OC(=O)NCCC(=O)N1CC2(CCC2)C1c1cccnc1. The minimum atomic E-state index is -0.534. The number of pyridine rings is 1. The van der Waals surface area contributed by atoms with Gasteiger partial charge in [-0.3, -0.25) is 9.78 Å². The first-order valence-corrected chi connectivity index (χ1v) is 8.97. The third kappa shape index (κ3) is 3.78. The van der Waals surface area contributed by atoms with Crippen molar-refractivity contribution < 1.29 is 14.3 Å². The number of carbonyl (C=O) groups is 2. The Morgan fingerprint density at radius 2 is 2.16 bits per heavy atom. The Labute approximate surface area is 148 Å². The molecule has 0 aromatic carbocycles. The summed E-state index contributed by atoms with van der Waals surface area (Å²) in [6.07, 6.45) is 7.00. The Morgan fingerprint density at radius 3 is 2.72 bits per heavy atom. The standard InChI is InChI=1S/C19H27N3O3/c1-18(2,3)25-17(24)21-11-7-15(23)22-13-19(8-5-9-19)16(22)14-6-4-10-20-12-14/h4,6,10,12,16H,5,7-9,11,13H2,1-3H3,(H,21,24). The normalized spacial score (nSPS) is 21.2. The molecule has 3 rings (SSSR count). The second-order valence-corrected chi connectivity index (χ2v) is 8.11. The van der Waals surface area contributed by atoms with Crippen molar-refractivity contribution >= 4 is 12.0 Å². The van der Waals surface area contributed by atoms with Crippen LogP contribution in [-0.2, 0) is 9.53 Å². The lowest BCUT2D eigenvalue weighted by Crippen LogP contribution is -2.63. The van der Waals surface area contributed by atoms with E-state index in [1.54, 1.807) is 6.20 Å². The van der Waals surface area contributed by atoms with Gasteiger partial charge in [0, 0.05) is 37.3 Å². The topological polar surface area (TPSA) is 71.5 Å². The second kappa shape index (κ2) is 6.65. The number of hydrogen-bond donors (Lipinski definition) is 1. The summed E-state index contributed by atoms with van der Waals surface area (Å²) in [6.45, 7) is 6.55. The molecule has 136 valence electrons. The number of alkyl carbamates (subject to hydrolysis) is 1. The molecule has 1 aliphatic carbocycles. The van der Waals surface area contributed by atoms with E-state index in [0.717, 1.165) is 12.1 Å². The molecule has 2 fully saturated rings. The molecular formula is C19H27N3O3. The first kappa shape index (κ1) is 17.7. The van der Waals surface area contributed by atoms with Gasteiger partial charge in [-0.15, -0.1) is 0 Å². The monoisotopic (exact) mass is 345 g/mol. The summed E-state index contributed by atoms with van der Waals surface area (Å²) in [5.41, 5.74) is 0.826. The molecule has 1 aromatic heterocycles. The van der Waals surface area contributed by atoms with Gasteiger partial charge >= 0.3 is 6.09 Å². The van der Waals surface area contributed by atoms with Gasteiger partial charge in [0.1, 0.15) is 5.60 Å². The summed E-state index contributed by atoms with van der Waals surface area (Å²) in [6, 6.07) is 4.10. The van der Waals surface area contributed by atoms with Crippen LogP contribution in [0.5, 0.6) is 0 Å². The molecular weight excluding hydrogens is 318 g/mol. The maximum Gasteiger partial charge on any atom is 0.407 e. The molecule has 1 atom stereocenters. The van der Waals surface area contributed by atoms with Gasteiger partial charge in [-0.25, -0.2) is 4.79 Å². The zero-order chi connectivity index (χ0) is 18.1. The summed E-state index contributed by atoms with van der Waals surface area (Å²) in [4.78, 5) is 30.4. The van der Waals surface area contributed by atoms with Gasteiger partial charge in [0.05, 0.1) is 6.04 Å². The number of nitrogens with zero attached hydrogens (tertiary/aromatic N) is 2. The minimum absolute atomic E-state index is 0.0717. The molecule has 0 radical (unpaired) electrons. The van der Waals surface area contributed by atoms with Crippen LogP contribution in [0.15, 0.2) is 24.5 Å². The van der Waals surface area contributed by atoms with Gasteiger partial charge in [0.25, 0.3) is 0 Å². The number of likely N-dealkylation sites (tertiary alicyclic amines) is 1. The van der Waals surface area contributed by atoms with Crippen molar-refractivity contribution in [2.75, 3.05) is 13.1 Å². The zero-order valence-electron chi connectivity index (χ0n) is 15.2. The van der Waals surface area contributed by atoms with Crippen LogP contribution in [0.2, 0.25) is 0 Å². The fourth-order valence-electron chi connectivity index (χ4n) is 3.83. The number of rotatable bonds is 4. The van der Waals surface area contributed by atoms with E-state index in [1.165, 1.54) is 19.3 Å². The van der Waals surface area contributed by atoms with Gasteiger partial charge in [0.2, 0.25) is 5.91 Å². The average molecular weight is 345 g/mol. The van der Waals surface area contributed by atoms with Gasteiger partial charge in [0.15, 0.2) is 0 Å². The Hall–Kier alpha value is -2.11. The van der Waals surface area contributed by atoms with E-state index < -0.39 is 11.7 Å². The molecule has 2 aliphatic rings. The van der Waals surface area contributed by atoms with Crippen LogP contribution in [0.1, 0.15) is 58.1 Å². The van der Waals surface area contributed by atoms with Crippen LogP contribution < -0.4 is 5.32 Å². The lowest BCUT2D eigenvalue weighted by atomic mass is 9.56. The van der Waals surface area contributed by atoms with Crippen molar-refractivity contribution in [1.29, 1.82) is 0 Å². The van der Waals surface area contributed by atoms with E-state index in [4.69, 9.17) is 4.74 Å². The van der Waals surface area contributed by atoms with Gasteiger partial charge in [-0.05, 0) is 45.2 Å². The zero-order valence-corrected chi connectivity index (χ0v) is 15.2. The molecule has 1 aromatic rings. The third-order valence-electron chi connectivity index (χ3n) is 5.05. The number of carbonyl (C=O) groups excluding carboxylic acids is 2. The van der Waals surface area contributed by atoms with E-state index in [-0.39, 0.29) is 30.3 Å². The maximum absolute atomic E-state index is 12.6. The number of nitrogens with one attached hydrogen (secondary N) is 1. The highest BCUT2D eigenvalue weighted by Crippen LogP contribution is 2.60. The summed E-state index contributed by atoms with van der Waals surface area (Å²) in [5.74, 6) is 0.0717. The number of hydrogen-bond acceptors (Lipinski definition) is 4. The van der Waals surface area contributed by atoms with Gasteiger partial charge in [-0.2, -0.15) is 0 Å². The van der Waals surface area contributed by atoms with Crippen molar-refractivity contribution in [3.8, 4) is 0 Å². The quantitative estimate of drug-likeness (QED) is 0.910. The van der Waals surface area contributed by atoms with Gasteiger partial charge < -0.3 is 15.0 Å². The Morgan fingerprint density at radius 1 is 1.40 bits per heavy atom. The molecule has 6 heteroatoms. The summed E-state index contributed by atoms with van der Waals surface area (Å²) >= 11 is 0. The van der Waals surface area contributed by atoms with Crippen LogP contribution in [0.25, 0.3) is 0 Å². The van der Waals surface area contributed by atoms with Crippen LogP contribution >= 0.6 is 0 Å². The first-order valence-electron chi connectivity index (χ1n) is 8.97. The van der Waals surface area contributed by atoms with Crippen molar-refractivity contribution in [2.45, 2.75) is 58.1 Å². The fraction of sp³-hybridized carbons (Fsp3) is 0.632. The first-order chi connectivity index (χ1) is 11.8. The predicted molar refractivity (Wildman–Crippen MR) is 93.8 cm³/mol. The molecule has 0 bridgehead atoms. The van der Waals surface area contributed by atoms with Crippen molar-refractivity contribution in [2.24, 2.45) is 5.41 Å². The highest BCUT2D eigenvalue weighted by molar-refractivity contribution is 5.79. The molecule has 2 heterocycles. The molecule has 1 aliphatic heterocycles. The Balaban J connectivity index is 1.54. The molecule has 1 saturated carbocycles. The van der Waals surface area contributed by atoms with E-state index in [1.807, 2.05) is 37.9 Å². The summed E-state index contributed by atoms with van der Waals surface area (Å²) < 4.78 is 5.19. The van der Waals surface area contributed by atoms with Crippen molar-refractivity contribution in [3.63, 3.8) is 0 Å². The largest absolute Gasteiger partial charge is 0.444 e. The van der Waals surface area contributed by atoms with E-state index >= 15 is 0 Å². The molecule has 2 amide bonds. The van der Waals surface area contributed by atoms with Crippen LogP contribution in [0, 0.1) is 5.41 Å². The van der Waals surface area contributed by atoms with E-state index in [0.29, 0.717) is 0 Å². The average Bonchev–Trinajstić information content (AvgIpc) is 2.44. The van der Waals surface area contributed by atoms with Crippen LogP contribution in [-0.4, -0.2) is 40.6 Å². The molecule has 1 N–H and O–H groups in total. The van der Waals surface area contributed by atoms with Crippen LogP contribution in [0.4, 0.5) is 4.79 Å². The highest BCUT2D eigenvalue weighted by Gasteiger charge is 2.57. The smallest absolute Gasteiger partial charge is 0.407 e. The van der Waals surface area contributed by atoms with Crippen molar-refractivity contribution in [1.82, 2.24) is 15.2 Å². The Kier molecular flexibility index (Phi) is 4.71. The van der Waals surface area contributed by atoms with E-state index in [2.05, 4.69) is 16.4 Å². The molecule has 1 spiro atoms. The molecule has 25 heavy (non-hydrogen) atoms. The van der Waals surface area contributed by atoms with Crippen LogP contribution in [0.3, 0.4) is 0 Å². The Bertz CT molecular complexity index is 635. The predicted octanol–water partition coefficient (Wildman–Crippen LogP) is 3.05. The molecule has 6 nitrogen and oxygen atoms in total. The van der Waals surface area contributed by atoms with E-state index in [9.17, 15) is 9.59 Å². The molecule has 1 unspecified atom stereocenters. The minimum Gasteiger partial charge on any atom is -0.444 e. The van der Waals surface area contributed by atoms with Gasteiger partial charge in [-0.1, -0.05) is 12.5 Å². The highest BCUT2D eigenvalue weighted by atomic mass is 16.6. The summed E-state index contributed by atoms with van der Waals surface area (Å²) in [5, 5.41) is 2.66. The lowest BCUT2D eigenvalue weighted by molar-refractivity contribution is -0.169. The fourth-order valence-corrected chi connectivity index (χ4v) is 3.83. The number of ether oxygens (including phenoxy) is 1. The third-order valence-corrected chi connectivity index (χ3v) is 5.05. The maximum atomic E-state index is 12.6. The number of amides is 2. The molecule has 1 saturated heterocycles. The second-order valence-electron chi connectivity index (χ2n) is 8.11. The lowest BCUT2D eigenvalue weighted by Gasteiger charge is -2.62. The van der Waals surface area contributed by atoms with Crippen molar-refractivity contribution in [3.05, 3.63) is 30.1 Å². The summed E-state index contributed by atoms with van der Waals surface area (Å²) in [7, 11) is 0.